The van der Waals surface area contributed by atoms with Crippen LogP contribution in [-0.4, -0.2) is 28.1 Å². The van der Waals surface area contributed by atoms with Crippen molar-refractivity contribution in [3.05, 3.63) is 24.5 Å². The van der Waals surface area contributed by atoms with Crippen LogP contribution in [0.2, 0.25) is 0 Å². The maximum absolute atomic E-state index is 4.11. The highest BCUT2D eigenvalue weighted by atomic mass is 15.4. The fourth-order valence-corrected chi connectivity index (χ4v) is 1.65. The second kappa shape index (κ2) is 5.80. The lowest BCUT2D eigenvalue weighted by atomic mass is 9.85. The molecule has 0 saturated carbocycles. The van der Waals surface area contributed by atoms with Crippen LogP contribution in [0.1, 0.15) is 26.0 Å². The van der Waals surface area contributed by atoms with E-state index in [1.54, 1.807) is 4.68 Å². The smallest absolute Gasteiger partial charge is 0.0836 e. The van der Waals surface area contributed by atoms with Gasteiger partial charge in [0.15, 0.2) is 0 Å². The standard InChI is InChI=1S/C12H22N4/c1-5-7-13-10-12(3,6-2)8-11-9-16(4)15-14-11/h6,9,13H,2,5,7-8,10H2,1,3-4H3. The number of hydrogen-bond acceptors (Lipinski definition) is 3. The average molecular weight is 222 g/mol. The molecule has 0 aliphatic heterocycles. The minimum atomic E-state index is 0.0468. The van der Waals surface area contributed by atoms with E-state index in [1.165, 1.54) is 0 Å². The topological polar surface area (TPSA) is 42.7 Å². The van der Waals surface area contributed by atoms with Crippen LogP contribution in [0.5, 0.6) is 0 Å². The first-order valence-electron chi connectivity index (χ1n) is 5.79. The van der Waals surface area contributed by atoms with Gasteiger partial charge in [0.25, 0.3) is 0 Å². The summed E-state index contributed by atoms with van der Waals surface area (Å²) < 4.78 is 1.73. The van der Waals surface area contributed by atoms with E-state index in [4.69, 9.17) is 0 Å². The zero-order valence-corrected chi connectivity index (χ0v) is 10.5. The summed E-state index contributed by atoms with van der Waals surface area (Å²) >= 11 is 0. The molecule has 90 valence electrons. The van der Waals surface area contributed by atoms with Gasteiger partial charge in [-0.3, -0.25) is 4.68 Å². The number of aromatic nitrogens is 3. The highest BCUT2D eigenvalue weighted by Crippen LogP contribution is 2.21. The van der Waals surface area contributed by atoms with E-state index >= 15 is 0 Å². The van der Waals surface area contributed by atoms with Gasteiger partial charge in [0.1, 0.15) is 0 Å². The van der Waals surface area contributed by atoms with E-state index in [2.05, 4.69) is 36.1 Å². The lowest BCUT2D eigenvalue weighted by molar-refractivity contribution is 0.387. The van der Waals surface area contributed by atoms with E-state index < -0.39 is 0 Å². The van der Waals surface area contributed by atoms with Crippen molar-refractivity contribution in [1.82, 2.24) is 20.3 Å². The van der Waals surface area contributed by atoms with Gasteiger partial charge in [-0.1, -0.05) is 25.1 Å². The number of aryl methyl sites for hydroxylation is 1. The van der Waals surface area contributed by atoms with E-state index in [0.29, 0.717) is 0 Å². The molecule has 16 heavy (non-hydrogen) atoms. The van der Waals surface area contributed by atoms with Crippen LogP contribution in [0.4, 0.5) is 0 Å². The SMILES string of the molecule is C=CC(C)(CNCCC)Cc1cn(C)nn1. The molecular weight excluding hydrogens is 200 g/mol. The summed E-state index contributed by atoms with van der Waals surface area (Å²) in [6.45, 7) is 10.3. The Morgan fingerprint density at radius 1 is 1.62 bits per heavy atom. The quantitative estimate of drug-likeness (QED) is 0.562. The minimum Gasteiger partial charge on any atom is -0.316 e. The molecule has 0 radical (unpaired) electrons. The maximum Gasteiger partial charge on any atom is 0.0836 e. The molecule has 0 aliphatic carbocycles. The molecule has 4 nitrogen and oxygen atoms in total. The zero-order valence-electron chi connectivity index (χ0n) is 10.5. The second-order valence-electron chi connectivity index (χ2n) is 4.60. The molecule has 1 unspecified atom stereocenters. The van der Waals surface area contributed by atoms with Crippen molar-refractivity contribution in [2.24, 2.45) is 12.5 Å². The van der Waals surface area contributed by atoms with Crippen LogP contribution >= 0.6 is 0 Å². The number of nitrogens with zero attached hydrogens (tertiary/aromatic N) is 3. The van der Waals surface area contributed by atoms with Crippen LogP contribution in [0.15, 0.2) is 18.9 Å². The molecule has 1 aromatic heterocycles. The number of nitrogens with one attached hydrogen (secondary N) is 1. The van der Waals surface area contributed by atoms with Crippen LogP contribution < -0.4 is 5.32 Å². The zero-order chi connectivity index (χ0) is 12.0. The largest absolute Gasteiger partial charge is 0.316 e. The molecule has 0 aliphatic rings. The Morgan fingerprint density at radius 3 is 2.88 bits per heavy atom. The summed E-state index contributed by atoms with van der Waals surface area (Å²) in [6.07, 6.45) is 5.99. The van der Waals surface area contributed by atoms with Crippen molar-refractivity contribution < 1.29 is 0 Å². The Balaban J connectivity index is 2.55. The third kappa shape index (κ3) is 3.77. The molecule has 1 heterocycles. The third-order valence-electron chi connectivity index (χ3n) is 2.68. The molecule has 0 bridgehead atoms. The van der Waals surface area contributed by atoms with Crippen LogP contribution in [0.3, 0.4) is 0 Å². The van der Waals surface area contributed by atoms with E-state index in [0.717, 1.165) is 31.6 Å². The van der Waals surface area contributed by atoms with Gasteiger partial charge >= 0.3 is 0 Å². The van der Waals surface area contributed by atoms with Crippen molar-refractivity contribution in [2.75, 3.05) is 13.1 Å². The number of rotatable bonds is 7. The lowest BCUT2D eigenvalue weighted by Gasteiger charge is -2.25. The molecular formula is C12H22N4. The molecule has 0 saturated heterocycles. The summed E-state index contributed by atoms with van der Waals surface area (Å²) in [7, 11) is 1.89. The first kappa shape index (κ1) is 12.9. The van der Waals surface area contributed by atoms with Gasteiger partial charge in [-0.15, -0.1) is 11.7 Å². The average Bonchev–Trinajstić information content (AvgIpc) is 2.64. The summed E-state index contributed by atoms with van der Waals surface area (Å²) in [5.74, 6) is 0. The Labute approximate surface area is 97.7 Å². The predicted octanol–water partition coefficient (Wildman–Crippen LogP) is 1.55. The molecule has 1 atom stereocenters. The highest BCUT2D eigenvalue weighted by molar-refractivity contribution is 5.04. The van der Waals surface area contributed by atoms with Crippen LogP contribution in [-0.2, 0) is 13.5 Å². The van der Waals surface area contributed by atoms with Gasteiger partial charge in [-0.25, -0.2) is 0 Å². The van der Waals surface area contributed by atoms with Crippen molar-refractivity contribution >= 4 is 0 Å². The van der Waals surface area contributed by atoms with Gasteiger partial charge in [0, 0.05) is 31.6 Å². The molecule has 0 fully saturated rings. The van der Waals surface area contributed by atoms with E-state index in [9.17, 15) is 0 Å². The molecule has 4 heteroatoms. The maximum atomic E-state index is 4.11. The van der Waals surface area contributed by atoms with Gasteiger partial charge in [0.05, 0.1) is 5.69 Å². The lowest BCUT2D eigenvalue weighted by Crippen LogP contribution is -2.32. The Kier molecular flexibility index (Phi) is 4.68. The van der Waals surface area contributed by atoms with Crippen LogP contribution in [0, 0.1) is 5.41 Å². The van der Waals surface area contributed by atoms with Gasteiger partial charge in [-0.2, -0.15) is 0 Å². The summed E-state index contributed by atoms with van der Waals surface area (Å²) in [5, 5.41) is 11.5. The fourth-order valence-electron chi connectivity index (χ4n) is 1.65. The van der Waals surface area contributed by atoms with Gasteiger partial charge in [0.2, 0.25) is 0 Å². The van der Waals surface area contributed by atoms with E-state index in [-0.39, 0.29) is 5.41 Å². The fraction of sp³-hybridized carbons (Fsp3) is 0.667. The Morgan fingerprint density at radius 2 is 2.38 bits per heavy atom. The molecule has 0 amide bonds. The Hall–Kier alpha value is -1.16. The van der Waals surface area contributed by atoms with Gasteiger partial charge in [-0.05, 0) is 13.0 Å². The predicted molar refractivity (Wildman–Crippen MR) is 66.2 cm³/mol. The van der Waals surface area contributed by atoms with Crippen molar-refractivity contribution in [3.63, 3.8) is 0 Å². The number of hydrogen-bond donors (Lipinski definition) is 1. The molecule has 0 aromatic carbocycles. The summed E-state index contributed by atoms with van der Waals surface area (Å²) in [4.78, 5) is 0. The third-order valence-corrected chi connectivity index (χ3v) is 2.68. The minimum absolute atomic E-state index is 0.0468. The van der Waals surface area contributed by atoms with Crippen molar-refractivity contribution in [1.29, 1.82) is 0 Å². The molecule has 0 spiro atoms. The normalized spacial score (nSPS) is 14.7. The monoisotopic (exact) mass is 222 g/mol. The van der Waals surface area contributed by atoms with Gasteiger partial charge < -0.3 is 5.32 Å². The first-order chi connectivity index (χ1) is 7.59. The van der Waals surface area contributed by atoms with E-state index in [1.807, 2.05) is 19.3 Å². The Bertz CT molecular complexity index is 332. The van der Waals surface area contributed by atoms with Crippen molar-refractivity contribution in [2.45, 2.75) is 26.7 Å². The molecule has 1 rings (SSSR count). The summed E-state index contributed by atoms with van der Waals surface area (Å²) in [5.41, 5.74) is 1.06. The second-order valence-corrected chi connectivity index (χ2v) is 4.60. The van der Waals surface area contributed by atoms with Crippen molar-refractivity contribution in [3.8, 4) is 0 Å². The first-order valence-corrected chi connectivity index (χ1v) is 5.79. The molecule has 1 N–H and O–H groups in total. The molecule has 1 aromatic rings. The van der Waals surface area contributed by atoms with Crippen LogP contribution in [0.25, 0.3) is 0 Å². The highest BCUT2D eigenvalue weighted by Gasteiger charge is 2.21. The summed E-state index contributed by atoms with van der Waals surface area (Å²) in [6, 6.07) is 0.